The lowest BCUT2D eigenvalue weighted by Crippen LogP contribution is -2.26. The molecule has 0 aliphatic carbocycles. The van der Waals surface area contributed by atoms with Crippen LogP contribution in [0.5, 0.6) is 0 Å². The van der Waals surface area contributed by atoms with Gasteiger partial charge in [-0.2, -0.15) is 5.26 Å². The van der Waals surface area contributed by atoms with Crippen molar-refractivity contribution in [2.75, 3.05) is 16.8 Å². The molecule has 1 heterocycles. The average molecular weight is 328 g/mol. The van der Waals surface area contributed by atoms with Crippen LogP contribution in [-0.2, 0) is 4.79 Å². The summed E-state index contributed by atoms with van der Waals surface area (Å²) in [6, 6.07) is 12.0. The fourth-order valence-corrected chi connectivity index (χ4v) is 2.48. The maximum Gasteiger partial charge on any atom is 0.284 e. The van der Waals surface area contributed by atoms with E-state index in [-0.39, 0.29) is 27.7 Å². The van der Waals surface area contributed by atoms with Gasteiger partial charge in [-0.1, -0.05) is 30.0 Å². The third-order valence-corrected chi connectivity index (χ3v) is 3.79. The molecule has 0 aliphatic rings. The molecule has 1 aromatic heterocycles. The molecule has 1 amide bonds. The lowest BCUT2D eigenvalue weighted by atomic mass is 10.2. The number of H-pyrrole nitrogens is 1. The number of nitrogens with one attached hydrogen (secondary N) is 2. The maximum atomic E-state index is 12.2. The zero-order valence-corrected chi connectivity index (χ0v) is 12.6. The van der Waals surface area contributed by atoms with E-state index in [1.807, 2.05) is 12.1 Å². The fourth-order valence-electron chi connectivity index (χ4n) is 1.78. The number of carbonyl (C=O) groups excluding carboxylic acids is 2. The number of aromatic amines is 1. The van der Waals surface area contributed by atoms with Gasteiger partial charge in [-0.3, -0.25) is 10.5 Å². The first kappa shape index (κ1) is 16.3. The summed E-state index contributed by atoms with van der Waals surface area (Å²) >= 11 is 0.866. The molecule has 0 spiro atoms. The number of amides is 1. The molecule has 0 unspecified atom stereocenters. The first-order valence-corrected chi connectivity index (χ1v) is 7.44. The molecule has 4 N–H and O–H groups in total. The molecule has 7 nitrogen and oxygen atoms in total. The molecule has 0 saturated carbocycles. The highest BCUT2D eigenvalue weighted by Crippen LogP contribution is 2.21. The van der Waals surface area contributed by atoms with Crippen molar-refractivity contribution < 1.29 is 19.7 Å². The molecule has 2 rings (SSSR count). The van der Waals surface area contributed by atoms with E-state index in [9.17, 15) is 14.7 Å². The van der Waals surface area contributed by atoms with Gasteiger partial charge in [0.05, 0.1) is 5.97 Å². The summed E-state index contributed by atoms with van der Waals surface area (Å²) in [5, 5.41) is 22.6. The summed E-state index contributed by atoms with van der Waals surface area (Å²) in [7, 11) is 0. The number of aromatic nitrogens is 1. The molecule has 2 aromatic rings. The number of nitrogens with zero attached hydrogens (tertiary/aromatic N) is 1. The number of carbonyl (C=O) groups is 2. The number of hydrogen-bond acceptors (Lipinski definition) is 6. The van der Waals surface area contributed by atoms with Gasteiger partial charge in [-0.05, 0) is 18.2 Å². The Hall–Kier alpha value is -3.05. The Labute approximate surface area is 136 Å². The first-order valence-electron chi connectivity index (χ1n) is 6.46. The molecular weight excluding hydrogens is 316 g/mol. The predicted octanol–water partition coefficient (Wildman–Crippen LogP) is 0.0489. The highest BCUT2D eigenvalue weighted by atomic mass is 32.2. The Kier molecular flexibility index (Phi) is 5.17. The molecule has 23 heavy (non-hydrogen) atoms. The highest BCUT2D eigenvalue weighted by Gasteiger charge is 2.20. The van der Waals surface area contributed by atoms with Gasteiger partial charge in [-0.25, -0.2) is 4.98 Å². The molecule has 0 saturated heterocycles. The van der Waals surface area contributed by atoms with Crippen LogP contribution in [0.25, 0.3) is 0 Å². The number of pyridine rings is 1. The second-order valence-electron chi connectivity index (χ2n) is 4.43. The first-order chi connectivity index (χ1) is 11.0. The number of para-hydroxylation sites is 1. The summed E-state index contributed by atoms with van der Waals surface area (Å²) in [5.74, 6) is -2.03. The van der Waals surface area contributed by atoms with Gasteiger partial charge >= 0.3 is 0 Å². The van der Waals surface area contributed by atoms with Crippen LogP contribution in [0.2, 0.25) is 0 Å². The summed E-state index contributed by atoms with van der Waals surface area (Å²) < 4.78 is 0. The summed E-state index contributed by atoms with van der Waals surface area (Å²) in [6.07, 6.45) is 0. The van der Waals surface area contributed by atoms with E-state index in [1.54, 1.807) is 24.3 Å². The topological polar surface area (TPSA) is 133 Å². The Balaban J connectivity index is 2.27. The summed E-state index contributed by atoms with van der Waals surface area (Å²) in [4.78, 5) is 25.4. The van der Waals surface area contributed by atoms with E-state index < -0.39 is 11.9 Å². The van der Waals surface area contributed by atoms with Crippen molar-refractivity contribution in [3.63, 3.8) is 0 Å². The molecule has 0 aliphatic heterocycles. The largest absolute Gasteiger partial charge is 0.549 e. The molecule has 0 fully saturated rings. The quantitative estimate of drug-likeness (QED) is 0.745. The minimum atomic E-state index is -1.27. The number of nitrogens with two attached hydrogens (primary N) is 1. The van der Waals surface area contributed by atoms with Crippen molar-refractivity contribution in [3.05, 3.63) is 47.5 Å². The van der Waals surface area contributed by atoms with Crippen molar-refractivity contribution in [1.82, 2.24) is 0 Å². The zero-order valence-electron chi connectivity index (χ0n) is 11.8. The number of aliphatic carboxylic acids is 1. The van der Waals surface area contributed by atoms with Crippen LogP contribution in [-0.4, -0.2) is 17.6 Å². The lowest BCUT2D eigenvalue weighted by Gasteiger charge is -2.07. The number of nitriles is 1. The van der Waals surface area contributed by atoms with E-state index >= 15 is 0 Å². The van der Waals surface area contributed by atoms with Gasteiger partial charge in [0.1, 0.15) is 17.2 Å². The number of hydrogen-bond donors (Lipinski definition) is 2. The van der Waals surface area contributed by atoms with Gasteiger partial charge in [0.25, 0.3) is 11.7 Å². The molecule has 1 aromatic carbocycles. The number of rotatable bonds is 5. The Morgan fingerprint density at radius 2 is 2.04 bits per heavy atom. The van der Waals surface area contributed by atoms with Crippen LogP contribution in [0.4, 0.5) is 11.5 Å². The number of carboxylic acids is 1. The number of nitrogen functional groups attached to an aromatic ring is 1. The minimum Gasteiger partial charge on any atom is -0.549 e. The van der Waals surface area contributed by atoms with Crippen molar-refractivity contribution in [2.24, 2.45) is 0 Å². The van der Waals surface area contributed by atoms with Gasteiger partial charge in [0, 0.05) is 11.4 Å². The Morgan fingerprint density at radius 3 is 2.65 bits per heavy atom. The minimum absolute atomic E-state index is 0.0401. The van der Waals surface area contributed by atoms with Gasteiger partial charge < -0.3 is 15.2 Å². The zero-order chi connectivity index (χ0) is 16.8. The van der Waals surface area contributed by atoms with Gasteiger partial charge in [0.15, 0.2) is 5.03 Å². The van der Waals surface area contributed by atoms with E-state index in [0.717, 1.165) is 11.8 Å². The molecular formula is C15H12N4O3S. The maximum absolute atomic E-state index is 12.2. The Morgan fingerprint density at radius 1 is 1.35 bits per heavy atom. The molecule has 8 heteroatoms. The Bertz CT molecular complexity index is 787. The number of anilines is 2. The van der Waals surface area contributed by atoms with Crippen LogP contribution in [0.15, 0.2) is 41.4 Å². The van der Waals surface area contributed by atoms with Crippen molar-refractivity contribution in [3.8, 4) is 6.07 Å². The molecule has 0 atom stereocenters. The smallest absolute Gasteiger partial charge is 0.284 e. The highest BCUT2D eigenvalue weighted by molar-refractivity contribution is 7.99. The SMILES string of the molecule is N#Cc1cc(C(=O)Nc2ccccc2)c(N)[nH+]c1SCC(=O)[O-]. The second-order valence-corrected chi connectivity index (χ2v) is 5.42. The van der Waals surface area contributed by atoms with Crippen molar-refractivity contribution in [2.45, 2.75) is 5.03 Å². The van der Waals surface area contributed by atoms with Crippen LogP contribution in [0.1, 0.15) is 15.9 Å². The molecule has 0 bridgehead atoms. The fraction of sp³-hybridized carbons (Fsp3) is 0.0667. The van der Waals surface area contributed by atoms with Crippen LogP contribution in [0.3, 0.4) is 0 Å². The van der Waals surface area contributed by atoms with Gasteiger partial charge in [0.2, 0.25) is 0 Å². The van der Waals surface area contributed by atoms with E-state index in [2.05, 4.69) is 10.3 Å². The van der Waals surface area contributed by atoms with E-state index in [1.165, 1.54) is 6.07 Å². The third-order valence-electron chi connectivity index (χ3n) is 2.80. The molecule has 0 radical (unpaired) electrons. The normalized spacial score (nSPS) is 9.87. The summed E-state index contributed by atoms with van der Waals surface area (Å²) in [6.45, 7) is 0. The monoisotopic (exact) mass is 328 g/mol. The third kappa shape index (κ3) is 4.21. The van der Waals surface area contributed by atoms with E-state index in [0.29, 0.717) is 5.69 Å². The van der Waals surface area contributed by atoms with Gasteiger partial charge in [-0.15, -0.1) is 0 Å². The average Bonchev–Trinajstić information content (AvgIpc) is 2.53. The van der Waals surface area contributed by atoms with Crippen molar-refractivity contribution >= 4 is 35.1 Å². The predicted molar refractivity (Wildman–Crippen MR) is 82.3 cm³/mol. The van der Waals surface area contributed by atoms with Crippen LogP contribution in [0, 0.1) is 11.3 Å². The van der Waals surface area contributed by atoms with E-state index in [4.69, 9.17) is 11.0 Å². The molecule has 116 valence electrons. The van der Waals surface area contributed by atoms with Crippen LogP contribution >= 0.6 is 11.8 Å². The number of thioether (sulfide) groups is 1. The summed E-state index contributed by atoms with van der Waals surface area (Å²) in [5.41, 5.74) is 6.62. The van der Waals surface area contributed by atoms with Crippen LogP contribution < -0.4 is 21.1 Å². The second kappa shape index (κ2) is 7.29. The standard InChI is InChI=1S/C15H12N4O3S/c16-7-9-6-11(13(17)19-15(9)23-8-12(20)21)14(22)18-10-4-2-1-3-5-10/h1-6H,8H2,(H2,17,19)(H,18,22)(H,20,21). The number of benzene rings is 1. The van der Waals surface area contributed by atoms with Crippen molar-refractivity contribution in [1.29, 1.82) is 5.26 Å². The number of carboxylic acid groups (broad SMARTS) is 1. The lowest BCUT2D eigenvalue weighted by molar-refractivity contribution is -0.410.